The van der Waals surface area contributed by atoms with Crippen molar-refractivity contribution in [2.24, 2.45) is 83.8 Å². The molecule has 4 N–H and O–H groups in total. The number of nitrogens with zero attached hydrogens (tertiary/aromatic N) is 30. The maximum Gasteiger partial charge on any atom is 0.191 e. The third kappa shape index (κ3) is 72.7. The Morgan fingerprint density at radius 2 is 0.915 bits per heavy atom. The number of aryl methyl sites for hydroxylation is 24. The number of rotatable bonds is 1. The summed E-state index contributed by atoms with van der Waals surface area (Å²) < 4.78 is 14.9. The largest absolute Gasteiger partial charge is 0.371 e. The minimum Gasteiger partial charge on any atom is -0.371 e. The van der Waals surface area contributed by atoms with Crippen molar-refractivity contribution < 1.29 is 0 Å². The van der Waals surface area contributed by atoms with Gasteiger partial charge in [0.15, 0.2) is 5.96 Å². The fourth-order valence-electron chi connectivity index (χ4n) is 10.2. The molecular weight excluding hydrogens is 1800 g/mol. The van der Waals surface area contributed by atoms with Crippen LogP contribution in [0.1, 0.15) is 284 Å². The van der Waals surface area contributed by atoms with Crippen LogP contribution in [0.4, 0.5) is 5.69 Å². The van der Waals surface area contributed by atoms with Gasteiger partial charge in [-0.15, -0.1) is 38.0 Å². The van der Waals surface area contributed by atoms with Gasteiger partial charge in [0, 0.05) is 165 Å². The molecule has 12 aromatic heterocycles. The van der Waals surface area contributed by atoms with Crippen LogP contribution in [0.25, 0.3) is 0 Å². The van der Waals surface area contributed by atoms with E-state index in [0.717, 1.165) is 103 Å². The van der Waals surface area contributed by atoms with E-state index in [1.165, 1.54) is 59.1 Å². The second-order valence-corrected chi connectivity index (χ2v) is 30.6. The van der Waals surface area contributed by atoms with Crippen molar-refractivity contribution in [3.8, 4) is 0 Å². The number of aliphatic imine (C=N–C) groups is 2. The Kier molecular flexibility index (Phi) is 97.8. The quantitative estimate of drug-likeness (QED) is 0.114. The Morgan fingerprint density at radius 3 is 1.13 bits per heavy atom. The maximum absolute atomic E-state index is 5.15. The number of fused-ring (bicyclic) bond motifs is 1. The molecule has 32 nitrogen and oxygen atoms in total. The molecule has 2 unspecified atom stereocenters. The highest BCUT2D eigenvalue weighted by atomic mass is 32.1. The molecule has 0 saturated heterocycles. The maximum atomic E-state index is 5.15. The van der Waals surface area contributed by atoms with E-state index in [1.807, 2.05) is 373 Å². The van der Waals surface area contributed by atoms with Crippen molar-refractivity contribution in [2.45, 2.75) is 317 Å². The van der Waals surface area contributed by atoms with Crippen LogP contribution in [-0.4, -0.2) is 183 Å². The van der Waals surface area contributed by atoms with Crippen molar-refractivity contribution in [1.29, 1.82) is 0 Å². The highest BCUT2D eigenvalue weighted by molar-refractivity contribution is 7.09. The SMILES string of the molecule is CC.CC.CC.CC.CC.CC.CC.CC.CC.CC.CC1=CCC2C=CC=CC2N1C.CC1=NCCCN1C.Cc1cc(C)n(C)n1.Cc1ccccn1.Cc1ccnc(C)n1.Cc1cn(C)c(C)c1C.Cc1nc(C)n(C)c1C.Cc1nc(C)n(C)n1.Cc1nc(C)n(C)n1.Cc1nccs1.Cc1nccs1.Cc1ncn(C)n1.Cc1nnc(C)n1C.Cc1nnnn1C.NC(N)=Nc1ccccc1. The number of benzene rings is 1. The van der Waals surface area contributed by atoms with E-state index >= 15 is 0 Å². The van der Waals surface area contributed by atoms with Crippen LogP contribution in [0.3, 0.4) is 0 Å². The summed E-state index contributed by atoms with van der Waals surface area (Å²) in [7, 11) is 19.7. The summed E-state index contributed by atoms with van der Waals surface area (Å²) in [6.45, 7) is 88.0. The predicted molar refractivity (Wildman–Crippen MR) is 607 cm³/mol. The van der Waals surface area contributed by atoms with Crippen LogP contribution in [0.5, 0.6) is 0 Å². The van der Waals surface area contributed by atoms with E-state index in [9.17, 15) is 0 Å². The van der Waals surface area contributed by atoms with Gasteiger partial charge in [-0.3, -0.25) is 38.7 Å². The lowest BCUT2D eigenvalue weighted by atomic mass is 9.88. The van der Waals surface area contributed by atoms with Crippen LogP contribution in [0.15, 0.2) is 155 Å². The van der Waals surface area contributed by atoms with Crippen LogP contribution in [0.2, 0.25) is 0 Å². The Balaban J connectivity index is -0.000000187. The molecule has 141 heavy (non-hydrogen) atoms. The summed E-state index contributed by atoms with van der Waals surface area (Å²) in [4.78, 5) is 48.7. The first-order chi connectivity index (χ1) is 67.0. The molecule has 14 heterocycles. The first-order valence-corrected chi connectivity index (χ1v) is 51.3. The van der Waals surface area contributed by atoms with Gasteiger partial charge in [-0.25, -0.2) is 39.6 Å². The molecule has 0 radical (unpaired) electrons. The van der Waals surface area contributed by atoms with Gasteiger partial charge >= 0.3 is 0 Å². The molecule has 2 atom stereocenters. The van der Waals surface area contributed by atoms with Gasteiger partial charge in [0.25, 0.3) is 0 Å². The number of hydrogen-bond donors (Lipinski definition) is 2. The van der Waals surface area contributed by atoms with E-state index in [0.29, 0.717) is 12.0 Å². The van der Waals surface area contributed by atoms with Crippen LogP contribution < -0.4 is 11.5 Å². The first kappa shape index (κ1) is 147. The molecule has 0 amide bonds. The van der Waals surface area contributed by atoms with E-state index in [2.05, 4.69) is 225 Å². The second-order valence-electron chi connectivity index (χ2n) is 28.4. The zero-order valence-electron chi connectivity index (χ0n) is 98.1. The number of pyridine rings is 1. The fourth-order valence-corrected chi connectivity index (χ4v) is 11.1. The van der Waals surface area contributed by atoms with E-state index in [1.54, 1.807) is 79.6 Å². The number of imidazole rings is 1. The van der Waals surface area contributed by atoms with Gasteiger partial charge < -0.3 is 35.0 Å². The number of para-hydroxylation sites is 1. The first-order valence-electron chi connectivity index (χ1n) is 49.5. The van der Waals surface area contributed by atoms with Crippen molar-refractivity contribution in [1.82, 2.24) is 138 Å². The highest BCUT2D eigenvalue weighted by Gasteiger charge is 2.25. The van der Waals surface area contributed by atoms with E-state index in [-0.39, 0.29) is 5.96 Å². The van der Waals surface area contributed by atoms with Crippen molar-refractivity contribution >= 4 is 40.2 Å². The number of guanidine groups is 1. The standard InChI is InChI=1S/C11H15N.C8H13N.C7H9N3.C7H12N2.C6H10N2.C6H12N2.C6H8N2.C6H7N.3C5H9N3.C4H7N3.2C4H5NS.C3H6N4.10C2H6/c1-9-7-8-10-5-3-4-6-11(10)12(9)2;1-6-5-9(4)8(3)7(6)2;8-7(9)10-6-4-2-1-3-5-6;1-5-6(2)9(4)7(3)8-5;1-5-4-6(2)8(3)7-5;1-6-7-4-3-5-8(6)2;1-5-3-4-7-6(2)8-5;1-6-4-2-3-5-7-6;1-4-6-7-5(2)8(4)3;2*1-4-6-5(2)8(3)7-4;1-4-5-3-7(2)6-4;2*1-4-5-2-3-6-4;1-3-4-5-6-7(3)2;10*1-2/h3-7,10-11H,8H2,1-2H3;5H,1-4H3;1-5H,(H4,8,9,10);1-4H3;4H,1-3H3;3-5H2,1-2H3;3-4H,1-2H3;2-5H,1H3;3*1-3H3;3H,1-2H3;2*2-3H,1H3;1-2H3;10*1-2H3. The van der Waals surface area contributed by atoms with Crippen molar-refractivity contribution in [3.05, 3.63) is 264 Å². The molecule has 0 bridgehead atoms. The predicted octanol–water partition coefficient (Wildman–Crippen LogP) is 24.6. The monoisotopic (exact) mass is 1990 g/mol. The van der Waals surface area contributed by atoms with Crippen molar-refractivity contribution in [3.63, 3.8) is 0 Å². The lowest BCUT2D eigenvalue weighted by Crippen LogP contribution is -2.38. The number of allylic oxidation sites excluding steroid dienone is 4. The third-order valence-corrected chi connectivity index (χ3v) is 19.9. The number of likely N-dealkylation sites (N-methyl/N-ethyl adjacent to an activating group) is 1. The minimum atomic E-state index is 0.0891. The number of thiazole rings is 2. The molecule has 2 aliphatic heterocycles. The molecule has 0 saturated carbocycles. The summed E-state index contributed by atoms with van der Waals surface area (Å²) in [5, 5.41) is 40.5. The van der Waals surface area contributed by atoms with Gasteiger partial charge in [0.05, 0.1) is 39.0 Å². The molecule has 0 fully saturated rings. The summed E-state index contributed by atoms with van der Waals surface area (Å²) in [5.74, 6) is 11.1. The van der Waals surface area contributed by atoms with Crippen LogP contribution in [-0.2, 0) is 56.4 Å². The van der Waals surface area contributed by atoms with E-state index < -0.39 is 0 Å². The lowest BCUT2D eigenvalue weighted by molar-refractivity contribution is 0.271. The molecule has 34 heteroatoms. The summed E-state index contributed by atoms with van der Waals surface area (Å²) in [6, 6.07) is 19.7. The average Bonchev–Trinajstić information content (AvgIpc) is 1.61. The second kappa shape index (κ2) is 94.1. The zero-order chi connectivity index (χ0) is 111. The summed E-state index contributed by atoms with van der Waals surface area (Å²) in [5.41, 5.74) is 23.4. The smallest absolute Gasteiger partial charge is 0.191 e. The van der Waals surface area contributed by atoms with Gasteiger partial charge in [-0.05, 0) is 230 Å². The van der Waals surface area contributed by atoms with Crippen LogP contribution >= 0.6 is 22.7 Å². The molecule has 796 valence electrons. The van der Waals surface area contributed by atoms with Gasteiger partial charge in [0.1, 0.15) is 64.6 Å². The molecular formula is C107H196N32S2. The molecule has 1 aliphatic carbocycles. The molecule has 1 aromatic carbocycles. The fraction of sp³-hybridized carbons (Fsp3) is 0.551. The molecule has 13 aromatic rings. The Hall–Kier alpha value is -12.2. The lowest BCUT2D eigenvalue weighted by Gasteiger charge is -2.38. The third-order valence-electron chi connectivity index (χ3n) is 18.5. The highest BCUT2D eigenvalue weighted by Crippen LogP contribution is 2.29. The summed E-state index contributed by atoms with van der Waals surface area (Å²) in [6.07, 6.45) is 24.6. The Morgan fingerprint density at radius 1 is 0.418 bits per heavy atom. The van der Waals surface area contributed by atoms with Gasteiger partial charge in [0.2, 0.25) is 0 Å². The van der Waals surface area contributed by atoms with Gasteiger partial charge in [-0.2, -0.15) is 20.4 Å². The number of tetrazole rings is 1. The zero-order valence-corrected chi connectivity index (χ0v) is 99.8. The Labute approximate surface area is 864 Å². The topological polar surface area (TPSA) is 355 Å². The molecule has 16 rings (SSSR count). The summed E-state index contributed by atoms with van der Waals surface area (Å²) >= 11 is 3.33. The van der Waals surface area contributed by atoms with E-state index in [4.69, 9.17) is 11.5 Å². The number of nitrogens with two attached hydrogens (primary N) is 2. The Bertz CT molecular complexity index is 4780. The minimum absolute atomic E-state index is 0.0891. The molecule has 3 aliphatic rings. The number of amidine groups is 1. The number of aromatic nitrogens is 26. The average molecular weight is 2000 g/mol. The van der Waals surface area contributed by atoms with Crippen molar-refractivity contribution in [2.75, 3.05) is 27.2 Å². The van der Waals surface area contributed by atoms with Gasteiger partial charge in [-0.1, -0.05) is 193 Å². The normalized spacial score (nSPS) is 11.2. The van der Waals surface area contributed by atoms with Crippen LogP contribution in [0, 0.1) is 151 Å². The number of hydrogen-bond acceptors (Lipinski definition) is 24. The molecule has 0 spiro atoms.